The summed E-state index contributed by atoms with van der Waals surface area (Å²) in [5.41, 5.74) is 4.67. The maximum absolute atomic E-state index is 16.5. The van der Waals surface area contributed by atoms with Crippen LogP contribution < -0.4 is 30.7 Å². The van der Waals surface area contributed by atoms with E-state index in [4.69, 9.17) is 26.8 Å². The van der Waals surface area contributed by atoms with Gasteiger partial charge < -0.3 is 35.4 Å². The van der Waals surface area contributed by atoms with Gasteiger partial charge in [-0.1, -0.05) is 48.9 Å². The van der Waals surface area contributed by atoms with Crippen LogP contribution in [-0.4, -0.2) is 119 Å². The SMILES string of the molecule is CC1c2c(cc(F)c(Cl)c2-c2c(C(N)=O)ccc(OCCO)c2F)OC1(CNC1CCC(C(=O)N2CCC(CN3CCC(c4c(F)cc5c(N6CCC(=O)NC6=O)nn(C)c5c4F)CC3)C(F)(F)C2)CC1)c1ccccc1. The molecule has 4 fully saturated rings. The number of nitrogens with two attached hydrogens (primary N) is 1. The smallest absolute Gasteiger partial charge is 0.329 e. The number of urea groups is 1. The second kappa shape index (κ2) is 21.4. The first-order valence-electron chi connectivity index (χ1n) is 26.0. The molecule has 1 saturated carbocycles. The van der Waals surface area contributed by atoms with Crippen LogP contribution in [0.1, 0.15) is 97.2 Å². The van der Waals surface area contributed by atoms with Crippen molar-refractivity contribution in [1.29, 1.82) is 0 Å². The van der Waals surface area contributed by atoms with Crippen molar-refractivity contribution in [2.45, 2.75) is 87.7 Å². The molecule has 0 bridgehead atoms. The fourth-order valence-corrected chi connectivity index (χ4v) is 12.6. The fraction of sp³-hybridized carbons (Fsp3) is 0.473. The first kappa shape index (κ1) is 54.0. The lowest BCUT2D eigenvalue weighted by atomic mass is 9.77. The molecule has 5 heterocycles. The van der Waals surface area contributed by atoms with E-state index in [0.29, 0.717) is 62.7 Å². The molecule has 5 amide bonds. The molecular weight excluding hydrogens is 1030 g/mol. The molecule has 3 atom stereocenters. The molecule has 77 heavy (non-hydrogen) atoms. The molecule has 5 aliphatic rings. The number of carbonyl (C=O) groups is 4. The number of primary amides is 1. The van der Waals surface area contributed by atoms with E-state index in [9.17, 15) is 24.3 Å². The van der Waals surface area contributed by atoms with Crippen LogP contribution in [0.5, 0.6) is 11.5 Å². The van der Waals surface area contributed by atoms with Crippen molar-refractivity contribution in [3.63, 3.8) is 0 Å². The normalized spacial score (nSPS) is 24.0. The summed E-state index contributed by atoms with van der Waals surface area (Å²) in [7, 11) is 1.49. The summed E-state index contributed by atoms with van der Waals surface area (Å²) < 4.78 is 110. The van der Waals surface area contributed by atoms with Crippen LogP contribution in [0, 0.1) is 35.1 Å². The molecule has 1 aromatic heterocycles. The lowest BCUT2D eigenvalue weighted by molar-refractivity contribution is -0.157. The number of aliphatic hydroxyl groups is 1. The summed E-state index contributed by atoms with van der Waals surface area (Å²) in [4.78, 5) is 55.3. The quantitative estimate of drug-likeness (QED) is 0.0790. The van der Waals surface area contributed by atoms with Gasteiger partial charge in [-0.05, 0) is 87.7 Å². The number of amides is 5. The Bertz CT molecular complexity index is 3130. The highest BCUT2D eigenvalue weighted by molar-refractivity contribution is 6.34. The number of ether oxygens (including phenoxy) is 2. The predicted octanol–water partition coefficient (Wildman–Crippen LogP) is 8.27. The molecule has 5 N–H and O–H groups in total. The topological polar surface area (TPSA) is 185 Å². The summed E-state index contributed by atoms with van der Waals surface area (Å²) in [5, 5.41) is 19.1. The number of piperidine rings is 2. The molecule has 4 aliphatic heterocycles. The number of anilines is 1. The maximum Gasteiger partial charge on any atom is 0.329 e. The van der Waals surface area contributed by atoms with Gasteiger partial charge in [-0.25, -0.2) is 31.1 Å². The summed E-state index contributed by atoms with van der Waals surface area (Å²) in [6.07, 6.45) is 2.69. The van der Waals surface area contributed by atoms with Crippen LogP contribution in [-0.2, 0) is 22.2 Å². The van der Waals surface area contributed by atoms with Gasteiger partial charge in [0.2, 0.25) is 17.7 Å². The number of hydrogen-bond acceptors (Lipinski definition) is 10. The van der Waals surface area contributed by atoms with E-state index in [2.05, 4.69) is 15.7 Å². The Labute approximate surface area is 444 Å². The Morgan fingerprint density at radius 2 is 1.65 bits per heavy atom. The summed E-state index contributed by atoms with van der Waals surface area (Å²) >= 11 is 6.69. The number of aryl methyl sites for hydroxylation is 1. The van der Waals surface area contributed by atoms with E-state index >= 15 is 26.3 Å². The number of aliphatic hydroxyl groups excluding tert-OH is 1. The van der Waals surface area contributed by atoms with Crippen molar-refractivity contribution in [1.82, 2.24) is 30.2 Å². The average Bonchev–Trinajstić information content (AvgIpc) is 3.93. The maximum atomic E-state index is 16.5. The molecule has 1 aliphatic carbocycles. The third-order valence-electron chi connectivity index (χ3n) is 16.5. The molecule has 3 unspecified atom stereocenters. The Morgan fingerprint density at radius 1 is 0.922 bits per heavy atom. The number of nitrogens with zero attached hydrogens (tertiary/aromatic N) is 5. The number of imide groups is 1. The van der Waals surface area contributed by atoms with Crippen molar-refractivity contribution in [2.75, 3.05) is 63.9 Å². The Morgan fingerprint density at radius 3 is 2.32 bits per heavy atom. The minimum Gasteiger partial charge on any atom is -0.488 e. The molecule has 410 valence electrons. The van der Waals surface area contributed by atoms with Gasteiger partial charge in [0.1, 0.15) is 29.5 Å². The second-order valence-corrected chi connectivity index (χ2v) is 21.3. The monoisotopic (exact) mass is 1090 g/mol. The number of aromatic nitrogens is 2. The first-order chi connectivity index (χ1) is 36.8. The van der Waals surface area contributed by atoms with Gasteiger partial charge in [-0.3, -0.25) is 29.3 Å². The van der Waals surface area contributed by atoms with Crippen LogP contribution in [0.3, 0.4) is 0 Å². The van der Waals surface area contributed by atoms with E-state index in [1.165, 1.54) is 33.7 Å². The second-order valence-electron chi connectivity index (χ2n) is 21.0. The molecule has 4 aromatic carbocycles. The van der Waals surface area contributed by atoms with Crippen molar-refractivity contribution < 1.29 is 60.1 Å². The summed E-state index contributed by atoms with van der Waals surface area (Å²) in [5.74, 6) is -11.4. The number of hydrogen-bond donors (Lipinski definition) is 4. The van der Waals surface area contributed by atoms with Gasteiger partial charge in [-0.15, -0.1) is 0 Å². The minimum atomic E-state index is -3.18. The van der Waals surface area contributed by atoms with Gasteiger partial charge in [0.15, 0.2) is 28.8 Å². The number of fused-ring (bicyclic) bond motifs is 2. The minimum absolute atomic E-state index is 0.00580. The van der Waals surface area contributed by atoms with E-state index in [1.807, 2.05) is 42.2 Å². The standard InChI is InChI=1S/C55H59ClF6N8O7/c1-29-42-40(25-38(58)46(56)45(42)44-35(50(63)73)12-13-39(47(44)59)76-23-22-71)77-54(29,32-6-4-3-5-7-32)27-64-34-10-8-31(9-11-34)52(74)69-20-16-33(55(61,62)28-69)26-68-18-14-30(15-19-68)43-37(57)24-36-49(48(43)60)67(2)66-51(36)70-21-17-41(72)65-53(70)75/h3-7,12-13,24-25,29-31,33-34,64,71H,8-11,14-23,26-28H2,1-2H3,(H2,63,73)(H,65,72,75). The largest absolute Gasteiger partial charge is 0.488 e. The zero-order valence-electron chi connectivity index (χ0n) is 42.5. The van der Waals surface area contributed by atoms with Gasteiger partial charge in [0.25, 0.3) is 5.92 Å². The van der Waals surface area contributed by atoms with Crippen LogP contribution in [0.2, 0.25) is 5.02 Å². The van der Waals surface area contributed by atoms with E-state index in [1.54, 1.807) is 0 Å². The van der Waals surface area contributed by atoms with E-state index in [-0.39, 0.29) is 108 Å². The number of benzene rings is 4. The van der Waals surface area contributed by atoms with Crippen LogP contribution in [0.4, 0.5) is 37.0 Å². The number of likely N-dealkylation sites (tertiary alicyclic amines) is 2. The molecule has 10 rings (SSSR count). The summed E-state index contributed by atoms with van der Waals surface area (Å²) in [6, 6.07) is 13.1. The number of halogens is 7. The van der Waals surface area contributed by atoms with Gasteiger partial charge in [-0.2, -0.15) is 5.10 Å². The number of rotatable bonds is 14. The number of nitrogens with one attached hydrogen (secondary N) is 2. The Kier molecular flexibility index (Phi) is 15.0. The van der Waals surface area contributed by atoms with Gasteiger partial charge in [0.05, 0.1) is 29.1 Å². The molecule has 22 heteroatoms. The zero-order valence-corrected chi connectivity index (χ0v) is 43.2. The van der Waals surface area contributed by atoms with Crippen LogP contribution in [0.25, 0.3) is 22.0 Å². The number of alkyl halides is 2. The fourth-order valence-electron chi connectivity index (χ4n) is 12.4. The third-order valence-corrected chi connectivity index (χ3v) is 16.9. The van der Waals surface area contributed by atoms with Crippen molar-refractivity contribution in [3.05, 3.63) is 105 Å². The Hall–Kier alpha value is -6.42. The summed E-state index contributed by atoms with van der Waals surface area (Å²) in [6.45, 7) is 1.51. The highest BCUT2D eigenvalue weighted by atomic mass is 35.5. The molecule has 15 nitrogen and oxygen atoms in total. The molecule has 3 saturated heterocycles. The lowest BCUT2D eigenvalue weighted by Gasteiger charge is -2.43. The van der Waals surface area contributed by atoms with Gasteiger partial charge >= 0.3 is 6.03 Å². The van der Waals surface area contributed by atoms with Crippen LogP contribution >= 0.6 is 11.6 Å². The molecule has 5 aromatic rings. The predicted molar refractivity (Wildman–Crippen MR) is 273 cm³/mol. The zero-order chi connectivity index (χ0) is 54.7. The van der Waals surface area contributed by atoms with Gasteiger partial charge in [0, 0.05) is 91.8 Å². The van der Waals surface area contributed by atoms with Crippen molar-refractivity contribution >= 4 is 52.1 Å². The molecule has 0 spiro atoms. The third kappa shape index (κ3) is 9.96. The molecular formula is C55H59ClF6N8O7. The van der Waals surface area contributed by atoms with Crippen LogP contribution in [0.15, 0.2) is 54.6 Å². The highest BCUT2D eigenvalue weighted by Crippen LogP contribution is 2.57. The Balaban J connectivity index is 0.760. The van der Waals surface area contributed by atoms with E-state index < -0.39 is 94.5 Å². The highest BCUT2D eigenvalue weighted by Gasteiger charge is 2.51. The molecule has 0 radical (unpaired) electrons. The van der Waals surface area contributed by atoms with Crippen molar-refractivity contribution in [2.24, 2.45) is 24.6 Å². The van der Waals surface area contributed by atoms with Crippen molar-refractivity contribution in [3.8, 4) is 22.6 Å². The lowest BCUT2D eigenvalue weighted by Crippen LogP contribution is -2.55. The first-order valence-corrected chi connectivity index (χ1v) is 26.4. The number of carbonyl (C=O) groups excluding carboxylic acids is 4. The van der Waals surface area contributed by atoms with E-state index in [0.717, 1.165) is 12.1 Å². The average molecular weight is 1090 g/mol.